The third kappa shape index (κ3) is 4.99. The second kappa shape index (κ2) is 9.45. The molecule has 1 heterocycles. The highest BCUT2D eigenvalue weighted by Crippen LogP contribution is 2.29. The maximum Gasteiger partial charge on any atom is 0.338 e. The Morgan fingerprint density at radius 2 is 1.73 bits per heavy atom. The quantitative estimate of drug-likeness (QED) is 0.517. The molecule has 0 aliphatic carbocycles. The number of rotatable bonds is 7. The summed E-state index contributed by atoms with van der Waals surface area (Å²) in [7, 11) is 0. The van der Waals surface area contributed by atoms with Gasteiger partial charge in [-0.1, -0.05) is 23.7 Å². The highest BCUT2D eigenvalue weighted by atomic mass is 35.5. The number of esters is 1. The SMILES string of the molecule is CCOC(=O)C1=C(COc2ccc(C(C)=O)cc2)NC(=O)NC1c1ccc(Cl)cc1. The van der Waals surface area contributed by atoms with Crippen molar-refractivity contribution in [3.8, 4) is 5.75 Å². The van der Waals surface area contributed by atoms with Crippen molar-refractivity contribution in [3.05, 3.63) is 76.0 Å². The number of amides is 2. The number of Topliss-reactive ketones (excluding diaryl/α,β-unsaturated/α-hetero) is 1. The van der Waals surface area contributed by atoms with E-state index in [0.717, 1.165) is 0 Å². The summed E-state index contributed by atoms with van der Waals surface area (Å²) in [6.07, 6.45) is 0. The van der Waals surface area contributed by atoms with Crippen LogP contribution in [0.15, 0.2) is 59.8 Å². The number of benzene rings is 2. The van der Waals surface area contributed by atoms with Gasteiger partial charge in [0, 0.05) is 10.6 Å². The Morgan fingerprint density at radius 1 is 1.07 bits per heavy atom. The normalized spacial score (nSPS) is 15.8. The van der Waals surface area contributed by atoms with Crippen molar-refractivity contribution in [2.45, 2.75) is 19.9 Å². The van der Waals surface area contributed by atoms with Crippen LogP contribution in [0.2, 0.25) is 5.02 Å². The first-order chi connectivity index (χ1) is 14.4. The lowest BCUT2D eigenvalue weighted by Crippen LogP contribution is -2.47. The smallest absolute Gasteiger partial charge is 0.338 e. The zero-order valence-corrected chi connectivity index (χ0v) is 17.3. The third-order valence-electron chi connectivity index (χ3n) is 4.50. The van der Waals surface area contributed by atoms with Crippen LogP contribution in [-0.2, 0) is 9.53 Å². The van der Waals surface area contributed by atoms with Crippen molar-refractivity contribution in [1.82, 2.24) is 10.6 Å². The molecule has 0 aromatic heterocycles. The lowest BCUT2D eigenvalue weighted by molar-refractivity contribution is -0.139. The first-order valence-electron chi connectivity index (χ1n) is 9.36. The molecule has 0 saturated carbocycles. The summed E-state index contributed by atoms with van der Waals surface area (Å²) in [5.41, 5.74) is 1.79. The Balaban J connectivity index is 1.92. The Labute approximate surface area is 179 Å². The fourth-order valence-electron chi connectivity index (χ4n) is 3.03. The number of urea groups is 1. The number of carbonyl (C=O) groups excluding carboxylic acids is 3. The number of hydrogen-bond donors (Lipinski definition) is 2. The fraction of sp³-hybridized carbons (Fsp3) is 0.227. The Hall–Kier alpha value is -3.32. The molecule has 0 fully saturated rings. The summed E-state index contributed by atoms with van der Waals surface area (Å²) in [5, 5.41) is 5.93. The van der Waals surface area contributed by atoms with Crippen LogP contribution in [0, 0.1) is 0 Å². The lowest BCUT2D eigenvalue weighted by atomic mass is 9.95. The molecule has 7 nitrogen and oxygen atoms in total. The second-order valence-electron chi connectivity index (χ2n) is 6.56. The van der Waals surface area contributed by atoms with E-state index in [4.69, 9.17) is 21.1 Å². The number of hydrogen-bond acceptors (Lipinski definition) is 5. The van der Waals surface area contributed by atoms with Gasteiger partial charge in [0.15, 0.2) is 5.78 Å². The molecule has 0 spiro atoms. The van der Waals surface area contributed by atoms with Crippen LogP contribution < -0.4 is 15.4 Å². The zero-order chi connectivity index (χ0) is 21.7. The Bertz CT molecular complexity index is 984. The predicted octanol–water partition coefficient (Wildman–Crippen LogP) is 3.79. The molecule has 2 N–H and O–H groups in total. The molecule has 0 bridgehead atoms. The highest BCUT2D eigenvalue weighted by molar-refractivity contribution is 6.30. The van der Waals surface area contributed by atoms with Crippen molar-refractivity contribution in [1.29, 1.82) is 0 Å². The van der Waals surface area contributed by atoms with Gasteiger partial charge in [-0.2, -0.15) is 0 Å². The van der Waals surface area contributed by atoms with Gasteiger partial charge in [-0.15, -0.1) is 0 Å². The minimum atomic E-state index is -0.714. The minimum absolute atomic E-state index is 0.0507. The maximum atomic E-state index is 12.7. The zero-order valence-electron chi connectivity index (χ0n) is 16.5. The van der Waals surface area contributed by atoms with Gasteiger partial charge in [-0.25, -0.2) is 9.59 Å². The largest absolute Gasteiger partial charge is 0.487 e. The number of halogens is 1. The van der Waals surface area contributed by atoms with Crippen molar-refractivity contribution in [2.75, 3.05) is 13.2 Å². The minimum Gasteiger partial charge on any atom is -0.487 e. The molecule has 2 aromatic rings. The average molecular weight is 429 g/mol. The van der Waals surface area contributed by atoms with Crippen molar-refractivity contribution in [2.24, 2.45) is 0 Å². The fourth-order valence-corrected chi connectivity index (χ4v) is 3.15. The highest BCUT2D eigenvalue weighted by Gasteiger charge is 2.34. The van der Waals surface area contributed by atoms with E-state index in [1.807, 2.05) is 0 Å². The molecule has 1 atom stereocenters. The Kier molecular flexibility index (Phi) is 6.74. The van der Waals surface area contributed by atoms with Crippen LogP contribution in [0.1, 0.15) is 35.8 Å². The van der Waals surface area contributed by atoms with Gasteiger partial charge in [0.2, 0.25) is 0 Å². The molecule has 2 aromatic carbocycles. The van der Waals surface area contributed by atoms with Crippen LogP contribution in [0.4, 0.5) is 4.79 Å². The molecular formula is C22H21ClN2O5. The van der Waals surface area contributed by atoms with E-state index in [1.165, 1.54) is 6.92 Å². The number of nitrogens with one attached hydrogen (secondary N) is 2. The number of ketones is 1. The van der Waals surface area contributed by atoms with Crippen LogP contribution in [0.5, 0.6) is 5.75 Å². The van der Waals surface area contributed by atoms with Gasteiger partial charge in [-0.3, -0.25) is 4.79 Å². The van der Waals surface area contributed by atoms with E-state index in [-0.39, 0.29) is 24.6 Å². The summed E-state index contributed by atoms with van der Waals surface area (Å²) in [5.74, 6) is -0.118. The molecular weight excluding hydrogens is 408 g/mol. The van der Waals surface area contributed by atoms with E-state index in [0.29, 0.717) is 27.6 Å². The lowest BCUT2D eigenvalue weighted by Gasteiger charge is -2.29. The van der Waals surface area contributed by atoms with Gasteiger partial charge in [0.1, 0.15) is 12.4 Å². The summed E-state index contributed by atoms with van der Waals surface area (Å²) in [6.45, 7) is 3.31. The first-order valence-corrected chi connectivity index (χ1v) is 9.73. The van der Waals surface area contributed by atoms with Crippen LogP contribution in [-0.4, -0.2) is 31.0 Å². The third-order valence-corrected chi connectivity index (χ3v) is 4.75. The molecule has 3 rings (SSSR count). The number of ether oxygens (including phenoxy) is 2. The number of carbonyl (C=O) groups is 3. The second-order valence-corrected chi connectivity index (χ2v) is 7.00. The molecule has 1 aliphatic heterocycles. The molecule has 2 amide bonds. The van der Waals surface area contributed by atoms with E-state index < -0.39 is 18.0 Å². The van der Waals surface area contributed by atoms with E-state index >= 15 is 0 Å². The van der Waals surface area contributed by atoms with Crippen molar-refractivity contribution >= 4 is 29.4 Å². The van der Waals surface area contributed by atoms with Gasteiger partial charge in [0.05, 0.1) is 23.9 Å². The topological polar surface area (TPSA) is 93.7 Å². The van der Waals surface area contributed by atoms with Gasteiger partial charge in [-0.05, 0) is 55.8 Å². The first kappa shape index (κ1) is 21.4. The van der Waals surface area contributed by atoms with Crippen molar-refractivity contribution < 1.29 is 23.9 Å². The summed E-state index contributed by atoms with van der Waals surface area (Å²) >= 11 is 5.96. The molecule has 1 aliphatic rings. The van der Waals surface area contributed by atoms with E-state index in [9.17, 15) is 14.4 Å². The van der Waals surface area contributed by atoms with Gasteiger partial charge < -0.3 is 20.1 Å². The molecule has 156 valence electrons. The molecule has 1 unspecified atom stereocenters. The monoisotopic (exact) mass is 428 g/mol. The van der Waals surface area contributed by atoms with Crippen LogP contribution >= 0.6 is 11.6 Å². The van der Waals surface area contributed by atoms with Gasteiger partial charge in [0.25, 0.3) is 0 Å². The summed E-state index contributed by atoms with van der Waals surface area (Å²) < 4.78 is 11.0. The van der Waals surface area contributed by atoms with Crippen LogP contribution in [0.25, 0.3) is 0 Å². The van der Waals surface area contributed by atoms with Crippen molar-refractivity contribution in [3.63, 3.8) is 0 Å². The molecule has 0 saturated heterocycles. The van der Waals surface area contributed by atoms with Crippen LogP contribution in [0.3, 0.4) is 0 Å². The standard InChI is InChI=1S/C22H21ClN2O5/c1-3-29-21(27)19-18(12-30-17-10-6-14(7-11-17)13(2)26)24-22(28)25-20(19)15-4-8-16(23)9-5-15/h4-11,20H,3,12H2,1-2H3,(H2,24,25,28). The summed E-state index contributed by atoms with van der Waals surface area (Å²) in [6, 6.07) is 12.3. The predicted molar refractivity (Wildman–Crippen MR) is 111 cm³/mol. The van der Waals surface area contributed by atoms with E-state index in [1.54, 1.807) is 55.5 Å². The molecule has 8 heteroatoms. The molecule has 0 radical (unpaired) electrons. The molecule has 30 heavy (non-hydrogen) atoms. The van der Waals surface area contributed by atoms with Gasteiger partial charge >= 0.3 is 12.0 Å². The average Bonchev–Trinajstić information content (AvgIpc) is 2.72. The maximum absolute atomic E-state index is 12.7. The van der Waals surface area contributed by atoms with E-state index in [2.05, 4.69) is 10.6 Å². The summed E-state index contributed by atoms with van der Waals surface area (Å²) in [4.78, 5) is 36.4. The Morgan fingerprint density at radius 3 is 2.33 bits per heavy atom.